The molecule has 0 bridgehead atoms. The maximum atomic E-state index is 10.4. The number of aldehydes is 1. The van der Waals surface area contributed by atoms with Gasteiger partial charge in [0.25, 0.3) is 0 Å². The lowest BCUT2D eigenvalue weighted by molar-refractivity contribution is 0.111. The van der Waals surface area contributed by atoms with Crippen molar-refractivity contribution >= 4 is 17.3 Å². The zero-order chi connectivity index (χ0) is 8.55. The Morgan fingerprint density at radius 2 is 2.33 bits per heavy atom. The molecule has 2 heterocycles. The lowest BCUT2D eigenvalue weighted by Gasteiger charge is -1.87. The molecule has 0 aromatic carbocycles. The van der Waals surface area contributed by atoms with Gasteiger partial charge in [0, 0.05) is 5.39 Å². The van der Waals surface area contributed by atoms with Crippen molar-refractivity contribution in [3.63, 3.8) is 0 Å². The van der Waals surface area contributed by atoms with E-state index in [-0.39, 0.29) is 0 Å². The Morgan fingerprint density at radius 3 is 3.08 bits per heavy atom. The van der Waals surface area contributed by atoms with Crippen molar-refractivity contribution in [2.45, 2.75) is 6.92 Å². The zero-order valence-corrected chi connectivity index (χ0v) is 6.57. The number of hydrogen-bond donors (Lipinski definition) is 0. The van der Waals surface area contributed by atoms with Crippen molar-refractivity contribution in [1.29, 1.82) is 0 Å². The first-order valence-electron chi connectivity index (χ1n) is 3.61. The van der Waals surface area contributed by atoms with Crippen LogP contribution in [-0.4, -0.2) is 11.3 Å². The van der Waals surface area contributed by atoms with Gasteiger partial charge in [0.1, 0.15) is 11.5 Å². The summed E-state index contributed by atoms with van der Waals surface area (Å²) in [4.78, 5) is 14.2. The van der Waals surface area contributed by atoms with Gasteiger partial charge in [-0.2, -0.15) is 0 Å². The summed E-state index contributed by atoms with van der Waals surface area (Å²) in [7, 11) is 0. The van der Waals surface area contributed by atoms with Crippen molar-refractivity contribution in [3.05, 3.63) is 29.8 Å². The van der Waals surface area contributed by atoms with E-state index in [1.807, 2.05) is 13.0 Å². The molecule has 0 radical (unpaired) electrons. The van der Waals surface area contributed by atoms with E-state index in [0.717, 1.165) is 23.0 Å². The minimum Gasteiger partial charge on any atom is -0.460 e. The largest absolute Gasteiger partial charge is 0.460 e. The van der Waals surface area contributed by atoms with E-state index in [1.165, 1.54) is 0 Å². The van der Waals surface area contributed by atoms with Crippen LogP contribution in [-0.2, 0) is 0 Å². The highest BCUT2D eigenvalue weighted by Crippen LogP contribution is 2.17. The van der Waals surface area contributed by atoms with Gasteiger partial charge in [0.15, 0.2) is 11.9 Å². The average molecular weight is 161 g/mol. The summed E-state index contributed by atoms with van der Waals surface area (Å²) in [6, 6.07) is 3.59. The summed E-state index contributed by atoms with van der Waals surface area (Å²) < 4.78 is 5.29. The highest BCUT2D eigenvalue weighted by molar-refractivity contribution is 5.83. The first-order chi connectivity index (χ1) is 5.79. The van der Waals surface area contributed by atoms with Gasteiger partial charge < -0.3 is 4.42 Å². The van der Waals surface area contributed by atoms with Crippen LogP contribution in [0.4, 0.5) is 0 Å². The second kappa shape index (κ2) is 2.44. The molecule has 0 atom stereocenters. The molecule has 0 aliphatic carbocycles. The summed E-state index contributed by atoms with van der Waals surface area (Å²) in [5.74, 6) is 0.829. The lowest BCUT2D eigenvalue weighted by Crippen LogP contribution is -1.83. The van der Waals surface area contributed by atoms with Crippen molar-refractivity contribution in [2.75, 3.05) is 0 Å². The van der Waals surface area contributed by atoms with E-state index in [1.54, 1.807) is 12.3 Å². The zero-order valence-electron chi connectivity index (χ0n) is 6.57. The molecule has 0 saturated carbocycles. The minimum absolute atomic E-state index is 0.434. The highest BCUT2D eigenvalue weighted by atomic mass is 16.3. The summed E-state index contributed by atoms with van der Waals surface area (Å²) >= 11 is 0. The summed E-state index contributed by atoms with van der Waals surface area (Å²) in [5, 5.41) is 0.921. The molecule has 3 heteroatoms. The number of aryl methyl sites for hydroxylation is 1. The number of aromatic nitrogens is 1. The fourth-order valence-electron chi connectivity index (χ4n) is 1.16. The van der Waals surface area contributed by atoms with E-state index < -0.39 is 0 Å². The third-order valence-electron chi connectivity index (χ3n) is 1.67. The molecule has 0 unspecified atom stereocenters. The second-order valence-electron chi connectivity index (χ2n) is 2.62. The number of fused-ring (bicyclic) bond motifs is 1. The summed E-state index contributed by atoms with van der Waals surface area (Å²) in [5.41, 5.74) is 1.15. The number of nitrogens with zero attached hydrogens (tertiary/aromatic N) is 1. The molecule has 2 aromatic heterocycles. The number of pyridine rings is 1. The first-order valence-corrected chi connectivity index (χ1v) is 3.61. The SMILES string of the molecule is Cc1cc2cc(C=O)ncc2o1. The predicted molar refractivity (Wildman–Crippen MR) is 44.1 cm³/mol. The predicted octanol–water partition coefficient (Wildman–Crippen LogP) is 1.95. The van der Waals surface area contributed by atoms with Crippen LogP contribution in [0, 0.1) is 6.92 Å². The number of hydrogen-bond acceptors (Lipinski definition) is 3. The number of furan rings is 1. The standard InChI is InChI=1S/C9H7NO2/c1-6-2-7-3-8(5-11)10-4-9(7)12-6/h2-5H,1H3. The normalized spacial score (nSPS) is 10.4. The second-order valence-corrected chi connectivity index (χ2v) is 2.62. The molecule has 12 heavy (non-hydrogen) atoms. The Hall–Kier alpha value is -1.64. The number of carbonyl (C=O) groups excluding carboxylic acids is 1. The van der Waals surface area contributed by atoms with Crippen LogP contribution >= 0.6 is 0 Å². The molecule has 2 rings (SSSR count). The van der Waals surface area contributed by atoms with Crippen LogP contribution in [0.25, 0.3) is 11.0 Å². The van der Waals surface area contributed by atoms with Gasteiger partial charge in [-0.25, -0.2) is 4.98 Å². The van der Waals surface area contributed by atoms with Crippen LogP contribution in [0.15, 0.2) is 22.7 Å². The lowest BCUT2D eigenvalue weighted by atomic mass is 10.3. The molecular formula is C9H7NO2. The van der Waals surface area contributed by atoms with Crippen molar-refractivity contribution < 1.29 is 9.21 Å². The maximum Gasteiger partial charge on any atom is 0.168 e. The Bertz CT molecular complexity index is 431. The minimum atomic E-state index is 0.434. The molecule has 0 saturated heterocycles. The Kier molecular flexibility index (Phi) is 1.43. The topological polar surface area (TPSA) is 43.1 Å². The molecule has 0 aliphatic heterocycles. The average Bonchev–Trinajstić information content (AvgIpc) is 2.43. The van der Waals surface area contributed by atoms with E-state index in [0.29, 0.717) is 5.69 Å². The molecule has 0 spiro atoms. The Labute approximate surface area is 69.0 Å². The van der Waals surface area contributed by atoms with Gasteiger partial charge in [-0.05, 0) is 19.1 Å². The molecule has 0 N–H and O–H groups in total. The molecule has 3 nitrogen and oxygen atoms in total. The van der Waals surface area contributed by atoms with E-state index in [9.17, 15) is 4.79 Å². The van der Waals surface area contributed by atoms with Crippen molar-refractivity contribution in [1.82, 2.24) is 4.98 Å². The van der Waals surface area contributed by atoms with Gasteiger partial charge in [0.05, 0.1) is 6.20 Å². The molecule has 0 fully saturated rings. The van der Waals surface area contributed by atoms with E-state index in [2.05, 4.69) is 4.98 Å². The first kappa shape index (κ1) is 7.03. The van der Waals surface area contributed by atoms with Crippen LogP contribution in [0.3, 0.4) is 0 Å². The van der Waals surface area contributed by atoms with Crippen LogP contribution in [0.5, 0.6) is 0 Å². The highest BCUT2D eigenvalue weighted by Gasteiger charge is 2.01. The quantitative estimate of drug-likeness (QED) is 0.600. The maximum absolute atomic E-state index is 10.4. The van der Waals surface area contributed by atoms with E-state index >= 15 is 0 Å². The van der Waals surface area contributed by atoms with Gasteiger partial charge >= 0.3 is 0 Å². The smallest absolute Gasteiger partial charge is 0.168 e. The number of carbonyl (C=O) groups is 1. The monoisotopic (exact) mass is 161 g/mol. The summed E-state index contributed by atoms with van der Waals surface area (Å²) in [6.07, 6.45) is 2.29. The third-order valence-corrected chi connectivity index (χ3v) is 1.67. The fraction of sp³-hybridized carbons (Fsp3) is 0.111. The molecular weight excluding hydrogens is 154 g/mol. The molecule has 0 aliphatic rings. The molecule has 60 valence electrons. The van der Waals surface area contributed by atoms with Gasteiger partial charge in [0.2, 0.25) is 0 Å². The van der Waals surface area contributed by atoms with Crippen LogP contribution < -0.4 is 0 Å². The summed E-state index contributed by atoms with van der Waals surface area (Å²) in [6.45, 7) is 1.86. The number of rotatable bonds is 1. The van der Waals surface area contributed by atoms with Crippen molar-refractivity contribution in [2.24, 2.45) is 0 Å². The van der Waals surface area contributed by atoms with Gasteiger partial charge in [-0.1, -0.05) is 0 Å². The van der Waals surface area contributed by atoms with Gasteiger partial charge in [-0.15, -0.1) is 0 Å². The Balaban J connectivity index is 2.74. The van der Waals surface area contributed by atoms with Gasteiger partial charge in [-0.3, -0.25) is 4.79 Å². The fourth-order valence-corrected chi connectivity index (χ4v) is 1.16. The third kappa shape index (κ3) is 0.993. The van der Waals surface area contributed by atoms with Crippen LogP contribution in [0.1, 0.15) is 16.2 Å². The Morgan fingerprint density at radius 1 is 1.50 bits per heavy atom. The molecule has 2 aromatic rings. The molecule has 0 amide bonds. The van der Waals surface area contributed by atoms with Crippen molar-refractivity contribution in [3.8, 4) is 0 Å². The van der Waals surface area contributed by atoms with Crippen LogP contribution in [0.2, 0.25) is 0 Å². The van der Waals surface area contributed by atoms with E-state index in [4.69, 9.17) is 4.42 Å².